The van der Waals surface area contributed by atoms with E-state index in [9.17, 15) is 27.6 Å². The molecule has 2 aromatic carbocycles. The van der Waals surface area contributed by atoms with Gasteiger partial charge in [-0.25, -0.2) is 13.4 Å². The predicted molar refractivity (Wildman–Crippen MR) is 209 cm³/mol. The van der Waals surface area contributed by atoms with Crippen molar-refractivity contribution in [3.63, 3.8) is 0 Å². The molecule has 0 spiro atoms. The van der Waals surface area contributed by atoms with Crippen LogP contribution in [0.5, 0.6) is 11.5 Å². The molecule has 55 heavy (non-hydrogen) atoms. The highest BCUT2D eigenvalue weighted by molar-refractivity contribution is 7.90. The van der Waals surface area contributed by atoms with Gasteiger partial charge in [0.25, 0.3) is 5.91 Å². The van der Waals surface area contributed by atoms with E-state index in [4.69, 9.17) is 14.5 Å². The number of amides is 4. The molecule has 0 radical (unpaired) electrons. The number of piperidine rings is 1. The van der Waals surface area contributed by atoms with Gasteiger partial charge in [0.2, 0.25) is 27.7 Å². The van der Waals surface area contributed by atoms with Crippen molar-refractivity contribution in [1.29, 1.82) is 0 Å². The average Bonchev–Trinajstić information content (AvgIpc) is 3.96. The number of aromatic nitrogens is 1. The number of pyridine rings is 1. The van der Waals surface area contributed by atoms with Crippen LogP contribution < -0.4 is 19.5 Å². The lowest BCUT2D eigenvalue weighted by Gasteiger charge is -2.36. The first-order valence-corrected chi connectivity index (χ1v) is 20.9. The Bertz CT molecular complexity index is 2010. The fraction of sp³-hybridized carbons (Fsp3) is 0.537. The summed E-state index contributed by atoms with van der Waals surface area (Å²) in [5.41, 5.74) is 1.55. The number of ether oxygens (including phenoxy) is 2. The van der Waals surface area contributed by atoms with Crippen molar-refractivity contribution < 1.29 is 37.1 Å². The highest BCUT2D eigenvalue weighted by Gasteiger charge is 2.47. The van der Waals surface area contributed by atoms with Crippen LogP contribution in [0.25, 0.3) is 22.2 Å². The number of likely N-dealkylation sites (tertiary alicyclic amines) is 2. The first kappa shape index (κ1) is 40.0. The van der Waals surface area contributed by atoms with Crippen LogP contribution in [-0.2, 0) is 29.2 Å². The van der Waals surface area contributed by atoms with E-state index in [1.54, 1.807) is 14.0 Å². The van der Waals surface area contributed by atoms with E-state index in [0.717, 1.165) is 24.8 Å². The van der Waals surface area contributed by atoms with Gasteiger partial charge < -0.3 is 24.6 Å². The molecular weight excluding hydrogens is 723 g/mol. The summed E-state index contributed by atoms with van der Waals surface area (Å²) in [5.74, 6) is -1.48. The number of nitrogens with one attached hydrogen (secondary N) is 2. The predicted octanol–water partition coefficient (Wildman–Crippen LogP) is 4.83. The molecule has 14 heteroatoms. The third kappa shape index (κ3) is 9.40. The number of carbonyl (C=O) groups is 4. The molecule has 0 unspecified atom stereocenters. The average molecular weight is 776 g/mol. The SMILES string of the molecule is CC[C@H](NC(=O)[C@@H]1C[C@@H](Oc2cc(-c3ccccc3)nc3cc(OC)ccc23)CN1C(=O)[C@@H](CC(=O)N1CCCCC1)C(C)(C)C)C(=O)NS(=O)(=O)C1CC1. The van der Waals surface area contributed by atoms with Gasteiger partial charge in [0.15, 0.2) is 0 Å². The van der Waals surface area contributed by atoms with Crippen molar-refractivity contribution in [2.75, 3.05) is 26.7 Å². The van der Waals surface area contributed by atoms with Gasteiger partial charge in [-0.05, 0) is 56.1 Å². The van der Waals surface area contributed by atoms with Crippen LogP contribution in [0, 0.1) is 11.3 Å². The van der Waals surface area contributed by atoms with Crippen LogP contribution >= 0.6 is 0 Å². The minimum atomic E-state index is -3.84. The van der Waals surface area contributed by atoms with E-state index < -0.39 is 56.6 Å². The van der Waals surface area contributed by atoms with Gasteiger partial charge in [0.05, 0.1) is 36.0 Å². The number of sulfonamides is 1. The largest absolute Gasteiger partial charge is 0.497 e. The third-order valence-electron chi connectivity index (χ3n) is 10.9. The summed E-state index contributed by atoms with van der Waals surface area (Å²) >= 11 is 0. The minimum Gasteiger partial charge on any atom is -0.497 e. The lowest BCUT2D eigenvalue weighted by Crippen LogP contribution is -2.55. The molecular formula is C41H53N5O8S. The van der Waals surface area contributed by atoms with Gasteiger partial charge in [-0.2, -0.15) is 0 Å². The second-order valence-electron chi connectivity index (χ2n) is 16.0. The van der Waals surface area contributed by atoms with Gasteiger partial charge in [-0.15, -0.1) is 0 Å². The Morgan fingerprint density at radius 1 is 0.982 bits per heavy atom. The van der Waals surface area contributed by atoms with E-state index in [0.29, 0.717) is 54.0 Å². The third-order valence-corrected chi connectivity index (χ3v) is 12.7. The quantitative estimate of drug-likeness (QED) is 0.248. The molecule has 296 valence electrons. The monoisotopic (exact) mass is 775 g/mol. The molecule has 4 atom stereocenters. The molecule has 2 N–H and O–H groups in total. The molecule has 3 heterocycles. The molecule has 13 nitrogen and oxygen atoms in total. The van der Waals surface area contributed by atoms with E-state index in [1.807, 2.05) is 80.3 Å². The van der Waals surface area contributed by atoms with Crippen molar-refractivity contribution in [3.8, 4) is 22.8 Å². The maximum atomic E-state index is 14.7. The standard InChI is InChI=1S/C41H53N5O8S/c1-6-32(38(48)44-55(51,52)29-16-17-29)43-39(49)35-22-28(25-46(35)40(50)31(41(2,3)4)23-37(47)45-19-11-8-12-20-45)54-36-24-33(26-13-9-7-10-14-26)42-34-21-27(53-5)15-18-30(34)36/h7,9-10,13-15,18,21,24,28-29,31-32,35H,6,8,11-12,16-17,19-20,22-23,25H2,1-5H3,(H,43,49)(H,44,48)/t28-,31-,32+,35+/m1/s1. The summed E-state index contributed by atoms with van der Waals surface area (Å²) in [6.45, 7) is 8.77. The van der Waals surface area contributed by atoms with Gasteiger partial charge in [-0.1, -0.05) is 58.0 Å². The molecule has 3 aliphatic rings. The molecule has 2 aliphatic heterocycles. The van der Waals surface area contributed by atoms with Crippen LogP contribution in [-0.4, -0.2) is 97.0 Å². The Balaban J connectivity index is 1.31. The van der Waals surface area contributed by atoms with Gasteiger partial charge >= 0.3 is 0 Å². The lowest BCUT2D eigenvalue weighted by atomic mass is 9.77. The first-order chi connectivity index (χ1) is 26.2. The maximum absolute atomic E-state index is 14.7. The number of fused-ring (bicyclic) bond motifs is 1. The Hall–Kier alpha value is -4.72. The van der Waals surface area contributed by atoms with E-state index in [1.165, 1.54) is 4.90 Å². The van der Waals surface area contributed by atoms with Crippen LogP contribution in [0.15, 0.2) is 54.6 Å². The van der Waals surface area contributed by atoms with Crippen LogP contribution in [0.1, 0.15) is 79.1 Å². The molecule has 2 saturated heterocycles. The van der Waals surface area contributed by atoms with Crippen molar-refractivity contribution in [2.24, 2.45) is 11.3 Å². The molecule has 6 rings (SSSR count). The maximum Gasteiger partial charge on any atom is 0.255 e. The lowest BCUT2D eigenvalue weighted by molar-refractivity contribution is -0.148. The number of carbonyl (C=O) groups excluding carboxylic acids is 4. The number of hydrogen-bond donors (Lipinski definition) is 2. The summed E-state index contributed by atoms with van der Waals surface area (Å²) in [6, 6.07) is 14.8. The van der Waals surface area contributed by atoms with Crippen molar-refractivity contribution >= 4 is 44.6 Å². The van der Waals surface area contributed by atoms with Gasteiger partial charge in [0.1, 0.15) is 29.7 Å². The second kappa shape index (κ2) is 16.6. The molecule has 1 aromatic heterocycles. The summed E-state index contributed by atoms with van der Waals surface area (Å²) in [4.78, 5) is 63.9. The van der Waals surface area contributed by atoms with E-state index >= 15 is 0 Å². The molecule has 4 amide bonds. The second-order valence-corrected chi connectivity index (χ2v) is 17.9. The summed E-state index contributed by atoms with van der Waals surface area (Å²) in [7, 11) is -2.26. The smallest absolute Gasteiger partial charge is 0.255 e. The number of hydrogen-bond acceptors (Lipinski definition) is 9. The van der Waals surface area contributed by atoms with Crippen LogP contribution in [0.2, 0.25) is 0 Å². The first-order valence-electron chi connectivity index (χ1n) is 19.3. The van der Waals surface area contributed by atoms with Crippen molar-refractivity contribution in [3.05, 3.63) is 54.6 Å². The van der Waals surface area contributed by atoms with Gasteiger partial charge in [0, 0.05) is 49.0 Å². The Labute approximate surface area is 323 Å². The highest BCUT2D eigenvalue weighted by Crippen LogP contribution is 2.37. The molecule has 3 fully saturated rings. The molecule has 3 aromatic rings. The highest BCUT2D eigenvalue weighted by atomic mass is 32.2. The van der Waals surface area contributed by atoms with E-state index in [-0.39, 0.29) is 37.6 Å². The molecule has 1 saturated carbocycles. The zero-order valence-electron chi connectivity index (χ0n) is 32.4. The topological polar surface area (TPSA) is 164 Å². The van der Waals surface area contributed by atoms with Crippen LogP contribution in [0.4, 0.5) is 0 Å². The van der Waals surface area contributed by atoms with Crippen molar-refractivity contribution in [1.82, 2.24) is 24.8 Å². The number of rotatable bonds is 13. The van der Waals surface area contributed by atoms with E-state index in [2.05, 4.69) is 10.0 Å². The number of benzene rings is 2. The number of nitrogens with zero attached hydrogens (tertiary/aromatic N) is 3. The Morgan fingerprint density at radius 2 is 1.69 bits per heavy atom. The zero-order chi connectivity index (χ0) is 39.5. The number of methoxy groups -OCH3 is 1. The fourth-order valence-electron chi connectivity index (χ4n) is 7.42. The summed E-state index contributed by atoms with van der Waals surface area (Å²) in [6.07, 6.45) is 3.42. The van der Waals surface area contributed by atoms with Gasteiger partial charge in [-0.3, -0.25) is 23.9 Å². The molecule has 0 bridgehead atoms. The minimum absolute atomic E-state index is 0.00499. The Morgan fingerprint density at radius 3 is 2.33 bits per heavy atom. The molecule has 1 aliphatic carbocycles. The van der Waals surface area contributed by atoms with Crippen molar-refractivity contribution in [2.45, 2.75) is 102 Å². The summed E-state index contributed by atoms with van der Waals surface area (Å²) in [5, 5.41) is 2.84. The summed E-state index contributed by atoms with van der Waals surface area (Å²) < 4.78 is 39.5. The zero-order valence-corrected chi connectivity index (χ0v) is 33.2. The Kier molecular flexibility index (Phi) is 12.0. The fourth-order valence-corrected chi connectivity index (χ4v) is 8.76. The van der Waals surface area contributed by atoms with Crippen LogP contribution in [0.3, 0.4) is 0 Å². The normalized spacial score (nSPS) is 20.1.